The highest BCUT2D eigenvalue weighted by atomic mass is 16.2. The highest BCUT2D eigenvalue weighted by Crippen LogP contribution is 2.22. The molecule has 1 aromatic carbocycles. The molecule has 0 bridgehead atoms. The first-order chi connectivity index (χ1) is 11.3. The molecule has 1 aliphatic carbocycles. The maximum atomic E-state index is 12.6. The van der Waals surface area contributed by atoms with Crippen molar-refractivity contribution in [3.05, 3.63) is 53.3 Å². The fourth-order valence-corrected chi connectivity index (χ4v) is 3.16. The van der Waals surface area contributed by atoms with E-state index < -0.39 is 0 Å². The molecule has 0 aliphatic heterocycles. The van der Waals surface area contributed by atoms with Gasteiger partial charge < -0.3 is 5.32 Å². The third-order valence-corrected chi connectivity index (χ3v) is 4.36. The number of aryl methyl sites for hydroxylation is 1. The molecule has 1 amide bonds. The second-order valence-electron chi connectivity index (χ2n) is 5.93. The van der Waals surface area contributed by atoms with Gasteiger partial charge in [-0.25, -0.2) is 4.98 Å². The lowest BCUT2D eigenvalue weighted by molar-refractivity contribution is 0.102. The predicted molar refractivity (Wildman–Crippen MR) is 89.5 cm³/mol. The maximum absolute atomic E-state index is 12.6. The Kier molecular flexibility index (Phi) is 3.54. The molecule has 2 heterocycles. The minimum Gasteiger partial charge on any atom is -0.305 e. The van der Waals surface area contributed by atoms with E-state index in [0.717, 1.165) is 47.8 Å². The number of carbonyl (C=O) groups is 1. The summed E-state index contributed by atoms with van der Waals surface area (Å²) in [5, 5.41) is 11.2. The van der Waals surface area contributed by atoms with E-state index in [-0.39, 0.29) is 5.91 Å². The van der Waals surface area contributed by atoms with Crippen LogP contribution in [0.4, 0.5) is 5.82 Å². The summed E-state index contributed by atoms with van der Waals surface area (Å²) in [5.74, 6) is 0.367. The van der Waals surface area contributed by atoms with Crippen molar-refractivity contribution in [1.29, 1.82) is 0 Å². The SMILES string of the molecule is O=C(Nc1ccc2ccccc2n1)c1n[nH]c2c1CCCCC2. The topological polar surface area (TPSA) is 70.7 Å². The van der Waals surface area contributed by atoms with E-state index in [4.69, 9.17) is 0 Å². The molecule has 0 radical (unpaired) electrons. The van der Waals surface area contributed by atoms with Crippen molar-refractivity contribution < 1.29 is 4.79 Å². The van der Waals surface area contributed by atoms with Crippen LogP contribution in [0.15, 0.2) is 36.4 Å². The van der Waals surface area contributed by atoms with Crippen LogP contribution in [0.25, 0.3) is 10.9 Å². The van der Waals surface area contributed by atoms with E-state index in [0.29, 0.717) is 11.5 Å². The summed E-state index contributed by atoms with van der Waals surface area (Å²) in [4.78, 5) is 17.0. The average Bonchev–Trinajstić information content (AvgIpc) is 2.84. The Morgan fingerprint density at radius 1 is 1.04 bits per heavy atom. The molecule has 0 spiro atoms. The highest BCUT2D eigenvalue weighted by Gasteiger charge is 2.21. The molecule has 0 unspecified atom stereocenters. The van der Waals surface area contributed by atoms with Crippen molar-refractivity contribution in [3.63, 3.8) is 0 Å². The largest absolute Gasteiger partial charge is 0.305 e. The van der Waals surface area contributed by atoms with Crippen LogP contribution in [0.1, 0.15) is 41.0 Å². The zero-order chi connectivity index (χ0) is 15.6. The third kappa shape index (κ3) is 2.70. The Bertz CT molecular complexity index is 868. The first-order valence-corrected chi connectivity index (χ1v) is 8.04. The van der Waals surface area contributed by atoms with Crippen molar-refractivity contribution in [2.45, 2.75) is 32.1 Å². The van der Waals surface area contributed by atoms with Gasteiger partial charge in [0.05, 0.1) is 5.52 Å². The molecule has 0 saturated heterocycles. The zero-order valence-corrected chi connectivity index (χ0v) is 12.8. The zero-order valence-electron chi connectivity index (χ0n) is 12.8. The molecule has 3 aromatic rings. The molecule has 0 atom stereocenters. The number of para-hydroxylation sites is 1. The van der Waals surface area contributed by atoms with Gasteiger partial charge in [0, 0.05) is 16.6 Å². The van der Waals surface area contributed by atoms with Gasteiger partial charge in [-0.3, -0.25) is 9.89 Å². The van der Waals surface area contributed by atoms with Crippen LogP contribution in [0, 0.1) is 0 Å². The number of H-pyrrole nitrogens is 1. The molecule has 1 aliphatic rings. The Balaban J connectivity index is 1.60. The number of rotatable bonds is 2. The molecular weight excluding hydrogens is 288 g/mol. The Labute approximate surface area is 134 Å². The number of hydrogen-bond donors (Lipinski definition) is 2. The summed E-state index contributed by atoms with van der Waals surface area (Å²) in [6.45, 7) is 0. The molecule has 4 rings (SSSR count). The molecule has 5 heteroatoms. The second kappa shape index (κ2) is 5.83. The average molecular weight is 306 g/mol. The summed E-state index contributed by atoms with van der Waals surface area (Å²) in [5.41, 5.74) is 3.56. The molecule has 0 fully saturated rings. The van der Waals surface area contributed by atoms with Crippen molar-refractivity contribution >= 4 is 22.6 Å². The summed E-state index contributed by atoms with van der Waals surface area (Å²) in [7, 11) is 0. The van der Waals surface area contributed by atoms with Crippen molar-refractivity contribution in [2.75, 3.05) is 5.32 Å². The first-order valence-electron chi connectivity index (χ1n) is 8.04. The molecule has 2 N–H and O–H groups in total. The van der Waals surface area contributed by atoms with Crippen molar-refractivity contribution in [2.24, 2.45) is 0 Å². The molecule has 23 heavy (non-hydrogen) atoms. The van der Waals surface area contributed by atoms with Crippen LogP contribution in [0.5, 0.6) is 0 Å². The number of anilines is 1. The van der Waals surface area contributed by atoms with Crippen LogP contribution in [-0.2, 0) is 12.8 Å². The van der Waals surface area contributed by atoms with E-state index in [2.05, 4.69) is 20.5 Å². The number of nitrogens with zero attached hydrogens (tertiary/aromatic N) is 2. The molecule has 2 aromatic heterocycles. The predicted octanol–water partition coefficient (Wildman–Crippen LogP) is 3.48. The van der Waals surface area contributed by atoms with E-state index in [1.54, 1.807) is 0 Å². The summed E-state index contributed by atoms with van der Waals surface area (Å²) in [6.07, 6.45) is 5.36. The normalized spacial score (nSPS) is 14.3. The van der Waals surface area contributed by atoms with Crippen molar-refractivity contribution in [1.82, 2.24) is 15.2 Å². The molecule has 116 valence electrons. The second-order valence-corrected chi connectivity index (χ2v) is 5.93. The van der Waals surface area contributed by atoms with Gasteiger partial charge >= 0.3 is 0 Å². The van der Waals surface area contributed by atoms with Gasteiger partial charge in [-0.1, -0.05) is 24.6 Å². The Morgan fingerprint density at radius 3 is 2.87 bits per heavy atom. The molecule has 5 nitrogen and oxygen atoms in total. The molecular formula is C18H18N4O. The fourth-order valence-electron chi connectivity index (χ4n) is 3.16. The number of nitrogens with one attached hydrogen (secondary N) is 2. The van der Waals surface area contributed by atoms with Crippen LogP contribution < -0.4 is 5.32 Å². The fraction of sp³-hybridized carbons (Fsp3) is 0.278. The summed E-state index contributed by atoms with van der Waals surface area (Å²) < 4.78 is 0. The third-order valence-electron chi connectivity index (χ3n) is 4.36. The van der Waals surface area contributed by atoms with E-state index in [1.165, 1.54) is 6.42 Å². The van der Waals surface area contributed by atoms with Gasteiger partial charge in [0.25, 0.3) is 5.91 Å². The summed E-state index contributed by atoms with van der Waals surface area (Å²) in [6, 6.07) is 11.6. The number of hydrogen-bond acceptors (Lipinski definition) is 3. The van der Waals surface area contributed by atoms with Crippen LogP contribution >= 0.6 is 0 Å². The quantitative estimate of drug-likeness (QED) is 0.712. The number of amides is 1. The van der Waals surface area contributed by atoms with Crippen molar-refractivity contribution in [3.8, 4) is 0 Å². The van der Waals surface area contributed by atoms with Crippen LogP contribution in [-0.4, -0.2) is 21.1 Å². The van der Waals surface area contributed by atoms with Crippen LogP contribution in [0.2, 0.25) is 0 Å². The molecule has 0 saturated carbocycles. The maximum Gasteiger partial charge on any atom is 0.277 e. The van der Waals surface area contributed by atoms with E-state index in [1.807, 2.05) is 36.4 Å². The number of aromatic amines is 1. The smallest absolute Gasteiger partial charge is 0.277 e. The lowest BCUT2D eigenvalue weighted by atomic mass is 10.1. The minimum atomic E-state index is -0.188. The van der Waals surface area contributed by atoms with E-state index in [9.17, 15) is 4.79 Å². The van der Waals surface area contributed by atoms with Gasteiger partial charge in [0.1, 0.15) is 5.82 Å². The number of fused-ring (bicyclic) bond motifs is 2. The standard InChI is InChI=1S/C18H18N4O/c23-18(17-13-7-2-1-3-9-15(13)21-22-17)20-16-11-10-12-6-4-5-8-14(12)19-16/h4-6,8,10-11H,1-3,7,9H2,(H,21,22)(H,19,20,23). The monoisotopic (exact) mass is 306 g/mol. The number of pyridine rings is 1. The lowest BCUT2D eigenvalue weighted by Gasteiger charge is -2.06. The Hall–Kier alpha value is -2.69. The van der Waals surface area contributed by atoms with Gasteiger partial charge in [-0.15, -0.1) is 0 Å². The number of benzene rings is 1. The van der Waals surface area contributed by atoms with Gasteiger partial charge in [-0.2, -0.15) is 5.10 Å². The first kappa shape index (κ1) is 13.9. The Morgan fingerprint density at radius 2 is 1.91 bits per heavy atom. The van der Waals surface area contributed by atoms with Gasteiger partial charge in [0.15, 0.2) is 5.69 Å². The minimum absolute atomic E-state index is 0.188. The van der Waals surface area contributed by atoms with Gasteiger partial charge in [-0.05, 0) is 43.9 Å². The number of carbonyl (C=O) groups excluding carboxylic acids is 1. The van der Waals surface area contributed by atoms with E-state index >= 15 is 0 Å². The lowest BCUT2D eigenvalue weighted by Crippen LogP contribution is -2.15. The van der Waals surface area contributed by atoms with Crippen LogP contribution in [0.3, 0.4) is 0 Å². The highest BCUT2D eigenvalue weighted by molar-refractivity contribution is 6.04. The van der Waals surface area contributed by atoms with Gasteiger partial charge in [0.2, 0.25) is 0 Å². The number of aromatic nitrogens is 3. The summed E-state index contributed by atoms with van der Waals surface area (Å²) >= 11 is 0.